The van der Waals surface area contributed by atoms with E-state index in [9.17, 15) is 29.4 Å². The lowest BCUT2D eigenvalue weighted by Gasteiger charge is -2.41. The van der Waals surface area contributed by atoms with Crippen molar-refractivity contribution in [2.24, 2.45) is 23.3 Å². The third-order valence-corrected chi connectivity index (χ3v) is 10.9. The summed E-state index contributed by atoms with van der Waals surface area (Å²) < 4.78 is 0. The fraction of sp³-hybridized carbons (Fsp3) is 0.292. The fourth-order valence-electron chi connectivity index (χ4n) is 7.23. The third-order valence-electron chi connectivity index (χ3n) is 10.9. The highest BCUT2D eigenvalue weighted by Gasteiger charge is 2.46. The number of pyridine rings is 2. The number of carbonyl (C=O) groups is 4. The van der Waals surface area contributed by atoms with E-state index >= 15 is 0 Å². The lowest BCUT2D eigenvalue weighted by atomic mass is 9.87. The Morgan fingerprint density at radius 3 is 1.18 bits per heavy atom. The number of hydrogen-bond acceptors (Lipinski definition) is 10. The van der Waals surface area contributed by atoms with Crippen LogP contribution in [0, 0.1) is 11.8 Å². The molecule has 0 saturated carbocycles. The molecule has 4 amide bonds. The molecule has 0 unspecified atom stereocenters. The van der Waals surface area contributed by atoms with E-state index < -0.39 is 71.8 Å². The molecule has 310 valence electrons. The van der Waals surface area contributed by atoms with Crippen LogP contribution < -0.4 is 11.5 Å². The third kappa shape index (κ3) is 9.64. The van der Waals surface area contributed by atoms with E-state index in [1.807, 2.05) is 24.3 Å². The van der Waals surface area contributed by atoms with Gasteiger partial charge in [0.2, 0.25) is 11.8 Å². The van der Waals surface area contributed by atoms with Gasteiger partial charge in [0.25, 0.3) is 11.8 Å². The Kier molecular flexibility index (Phi) is 13.9. The van der Waals surface area contributed by atoms with E-state index in [0.29, 0.717) is 22.2 Å². The van der Waals surface area contributed by atoms with Gasteiger partial charge < -0.3 is 21.7 Å². The van der Waals surface area contributed by atoms with Gasteiger partial charge in [-0.05, 0) is 60.1 Å². The van der Waals surface area contributed by atoms with Crippen molar-refractivity contribution in [3.8, 4) is 0 Å². The van der Waals surface area contributed by atoms with E-state index in [1.165, 1.54) is 12.1 Å². The van der Waals surface area contributed by atoms with Gasteiger partial charge in [0.05, 0.1) is 35.2 Å². The topological polar surface area (TPSA) is 193 Å². The molecule has 0 aliphatic carbocycles. The van der Waals surface area contributed by atoms with Gasteiger partial charge in [0.1, 0.15) is 23.6 Å². The summed E-state index contributed by atoms with van der Waals surface area (Å²) in [6.07, 6.45) is -4.19. The number of amides is 4. The van der Waals surface area contributed by atoms with Crippen LogP contribution >= 0.6 is 0 Å². The SMILES string of the molecule is CC(C)[C@H](N)C(=O)N(C(=O)c1ccc2ccccc2n1)[C@@H](Cc1ccccc1)[C@H](O)[C@@H](O)[C@H](Cc1ccccc1)N(C(=O)c1ccc2ccccc2n1)C(=O)[C@@H](N)C(C)C. The highest BCUT2D eigenvalue weighted by molar-refractivity contribution is 6.07. The van der Waals surface area contributed by atoms with Crippen molar-refractivity contribution in [1.29, 1.82) is 0 Å². The number of carbonyl (C=O) groups excluding carboxylic acids is 4. The molecule has 0 radical (unpaired) electrons. The summed E-state index contributed by atoms with van der Waals surface area (Å²) in [6, 6.07) is 33.2. The number of aromatic nitrogens is 2. The standard InChI is InChI=1S/C48H52N6O6/c1-29(2)41(49)47(59)53(45(57)37-25-23-33-19-11-13-21-35(33)51-37)39(27-31-15-7-5-8-16-31)43(55)44(56)40(28-32-17-9-6-10-18-32)54(48(60)42(50)30(3)4)46(58)38-26-24-34-20-12-14-22-36(34)52-38/h5-26,29-30,39-44,55-56H,27-28,49-50H2,1-4H3/t39-,40-,41-,42-,43-,44-/m0/s1. The number of nitrogens with two attached hydrogens (primary N) is 2. The zero-order valence-corrected chi connectivity index (χ0v) is 34.2. The molecule has 2 heterocycles. The predicted octanol–water partition coefficient (Wildman–Crippen LogP) is 5.33. The number of imide groups is 2. The molecule has 0 fully saturated rings. The normalized spacial score (nSPS) is 14.6. The summed E-state index contributed by atoms with van der Waals surface area (Å²) >= 11 is 0. The maximum absolute atomic E-state index is 14.8. The van der Waals surface area contributed by atoms with Crippen LogP contribution in [-0.2, 0) is 22.4 Å². The Bertz CT molecular complexity index is 2270. The number of para-hydroxylation sites is 2. The second-order valence-corrected chi connectivity index (χ2v) is 15.8. The molecule has 60 heavy (non-hydrogen) atoms. The molecule has 12 heteroatoms. The van der Waals surface area contributed by atoms with Crippen molar-refractivity contribution in [2.75, 3.05) is 0 Å². The first-order chi connectivity index (χ1) is 28.8. The van der Waals surface area contributed by atoms with Crippen molar-refractivity contribution < 1.29 is 29.4 Å². The monoisotopic (exact) mass is 808 g/mol. The van der Waals surface area contributed by atoms with Crippen LogP contribution in [0.5, 0.6) is 0 Å². The Labute approximate surface area is 349 Å². The number of rotatable bonds is 15. The van der Waals surface area contributed by atoms with Gasteiger partial charge in [-0.3, -0.25) is 29.0 Å². The number of aliphatic hydroxyl groups is 2. The molecule has 6 aromatic rings. The van der Waals surface area contributed by atoms with Crippen LogP contribution in [-0.4, -0.2) is 90.0 Å². The van der Waals surface area contributed by atoms with E-state index in [2.05, 4.69) is 9.97 Å². The summed E-state index contributed by atoms with van der Waals surface area (Å²) in [6.45, 7) is 6.95. The number of nitrogens with zero attached hydrogens (tertiary/aromatic N) is 4. The van der Waals surface area contributed by atoms with Crippen LogP contribution in [0.2, 0.25) is 0 Å². The van der Waals surface area contributed by atoms with Gasteiger partial charge in [-0.15, -0.1) is 0 Å². The number of benzene rings is 4. The largest absolute Gasteiger partial charge is 0.388 e. The minimum absolute atomic E-state index is 0.0872. The summed E-state index contributed by atoms with van der Waals surface area (Å²) in [5.74, 6) is -4.16. The highest BCUT2D eigenvalue weighted by Crippen LogP contribution is 2.27. The molecule has 2 aromatic heterocycles. The summed E-state index contributed by atoms with van der Waals surface area (Å²) in [5.41, 5.74) is 15.1. The van der Waals surface area contributed by atoms with Gasteiger partial charge >= 0.3 is 0 Å². The van der Waals surface area contributed by atoms with Crippen LogP contribution in [0.3, 0.4) is 0 Å². The second-order valence-electron chi connectivity index (χ2n) is 15.8. The van der Waals surface area contributed by atoms with Gasteiger partial charge in [-0.2, -0.15) is 0 Å². The Morgan fingerprint density at radius 1 is 0.500 bits per heavy atom. The Hall–Kier alpha value is -6.18. The zero-order valence-electron chi connectivity index (χ0n) is 34.2. The Balaban J connectivity index is 1.52. The lowest BCUT2D eigenvalue weighted by Crippen LogP contribution is -2.64. The molecule has 6 N–H and O–H groups in total. The van der Waals surface area contributed by atoms with Crippen LogP contribution in [0.1, 0.15) is 59.8 Å². The lowest BCUT2D eigenvalue weighted by molar-refractivity contribution is -0.143. The predicted molar refractivity (Wildman–Crippen MR) is 231 cm³/mol. The van der Waals surface area contributed by atoms with Crippen molar-refractivity contribution in [1.82, 2.24) is 19.8 Å². The number of aliphatic hydroxyl groups excluding tert-OH is 2. The maximum Gasteiger partial charge on any atom is 0.279 e. The van der Waals surface area contributed by atoms with Gasteiger partial charge in [-0.1, -0.05) is 137 Å². The average molecular weight is 809 g/mol. The average Bonchev–Trinajstić information content (AvgIpc) is 3.27. The van der Waals surface area contributed by atoms with Gasteiger partial charge in [0.15, 0.2) is 0 Å². The first kappa shape index (κ1) is 43.4. The maximum atomic E-state index is 14.8. The molecular formula is C48H52N6O6. The zero-order chi connectivity index (χ0) is 43.1. The van der Waals surface area contributed by atoms with E-state index in [1.54, 1.807) is 125 Å². The molecular weight excluding hydrogens is 757 g/mol. The van der Waals surface area contributed by atoms with E-state index in [-0.39, 0.29) is 24.2 Å². The molecule has 6 atom stereocenters. The fourth-order valence-corrected chi connectivity index (χ4v) is 7.23. The minimum atomic E-state index is -1.96. The van der Waals surface area contributed by atoms with Crippen LogP contribution in [0.4, 0.5) is 0 Å². The van der Waals surface area contributed by atoms with Gasteiger partial charge in [0, 0.05) is 10.8 Å². The van der Waals surface area contributed by atoms with E-state index in [4.69, 9.17) is 11.5 Å². The van der Waals surface area contributed by atoms with Crippen LogP contribution in [0.25, 0.3) is 21.8 Å². The molecule has 6 rings (SSSR count). The van der Waals surface area contributed by atoms with E-state index in [0.717, 1.165) is 20.6 Å². The smallest absolute Gasteiger partial charge is 0.279 e. The summed E-state index contributed by atoms with van der Waals surface area (Å²) in [7, 11) is 0. The second kappa shape index (κ2) is 19.3. The van der Waals surface area contributed by atoms with Crippen molar-refractivity contribution in [2.45, 2.75) is 76.9 Å². The number of fused-ring (bicyclic) bond motifs is 2. The van der Waals surface area contributed by atoms with Crippen molar-refractivity contribution in [3.05, 3.63) is 156 Å². The first-order valence-electron chi connectivity index (χ1n) is 20.2. The molecule has 4 aromatic carbocycles. The van der Waals surface area contributed by atoms with Gasteiger partial charge in [-0.25, -0.2) is 9.97 Å². The minimum Gasteiger partial charge on any atom is -0.388 e. The molecule has 0 saturated heterocycles. The molecule has 0 spiro atoms. The quantitative estimate of drug-likeness (QED) is 0.105. The molecule has 0 bridgehead atoms. The number of hydrogen-bond donors (Lipinski definition) is 4. The molecule has 0 aliphatic heterocycles. The van der Waals surface area contributed by atoms with Crippen molar-refractivity contribution >= 4 is 45.4 Å². The Morgan fingerprint density at radius 2 is 0.833 bits per heavy atom. The first-order valence-corrected chi connectivity index (χ1v) is 20.2. The van der Waals surface area contributed by atoms with Crippen LogP contribution in [0.15, 0.2) is 133 Å². The molecule has 0 aliphatic rings. The summed E-state index contributed by atoms with van der Waals surface area (Å²) in [4.78, 5) is 69.8. The van der Waals surface area contributed by atoms with Crippen molar-refractivity contribution in [3.63, 3.8) is 0 Å². The summed E-state index contributed by atoms with van der Waals surface area (Å²) in [5, 5.41) is 27.0. The highest BCUT2D eigenvalue weighted by atomic mass is 16.3. The molecule has 12 nitrogen and oxygen atoms in total.